The molecule has 0 aliphatic carbocycles. The van der Waals surface area contributed by atoms with Crippen LogP contribution in [-0.4, -0.2) is 4.98 Å². The van der Waals surface area contributed by atoms with Crippen molar-refractivity contribution in [2.45, 2.75) is 19.8 Å². The zero-order valence-corrected chi connectivity index (χ0v) is 7.98. The van der Waals surface area contributed by atoms with E-state index in [0.29, 0.717) is 0 Å². The highest BCUT2D eigenvalue weighted by Gasteiger charge is 1.87. The number of nitrogens with zero attached hydrogens (tertiary/aromatic N) is 1. The Morgan fingerprint density at radius 2 is 2.31 bits per heavy atom. The van der Waals surface area contributed by atoms with Gasteiger partial charge in [0.15, 0.2) is 0 Å². The third-order valence-corrected chi connectivity index (χ3v) is 1.76. The number of allylic oxidation sites excluding steroid dienone is 4. The molecule has 1 heteroatoms. The smallest absolute Gasteiger partial charge is 0.0299 e. The molecule has 1 nitrogen and oxygen atoms in total. The number of hydrogen-bond donors (Lipinski definition) is 0. The highest BCUT2D eigenvalue weighted by molar-refractivity contribution is 5.10. The van der Waals surface area contributed by atoms with Crippen molar-refractivity contribution in [3.05, 3.63) is 54.4 Å². The molecule has 1 heterocycles. The lowest BCUT2D eigenvalue weighted by molar-refractivity contribution is 0.987. The molecule has 0 spiro atoms. The van der Waals surface area contributed by atoms with E-state index in [1.54, 1.807) is 6.20 Å². The summed E-state index contributed by atoms with van der Waals surface area (Å²) in [5, 5.41) is 0. The summed E-state index contributed by atoms with van der Waals surface area (Å²) in [4.78, 5) is 4.06. The molecular formula is C12H15N. The van der Waals surface area contributed by atoms with Gasteiger partial charge in [-0.05, 0) is 31.4 Å². The summed E-state index contributed by atoms with van der Waals surface area (Å²) in [6, 6.07) is 4.08. The molecular weight excluding hydrogens is 158 g/mol. The van der Waals surface area contributed by atoms with Crippen LogP contribution in [0.2, 0.25) is 0 Å². The van der Waals surface area contributed by atoms with E-state index < -0.39 is 0 Å². The number of hydrogen-bond acceptors (Lipinski definition) is 1. The Kier molecular flexibility index (Phi) is 4.62. The summed E-state index contributed by atoms with van der Waals surface area (Å²) in [6.07, 6.45) is 14.2. The second kappa shape index (κ2) is 6.18. The summed E-state index contributed by atoms with van der Waals surface area (Å²) in [5.74, 6) is 0. The average Bonchev–Trinajstić information content (AvgIpc) is 2.19. The van der Waals surface area contributed by atoms with Crippen molar-refractivity contribution in [2.75, 3.05) is 0 Å². The third kappa shape index (κ3) is 4.26. The van der Waals surface area contributed by atoms with Crippen LogP contribution in [0.15, 0.2) is 48.8 Å². The van der Waals surface area contributed by atoms with Gasteiger partial charge in [-0.1, -0.05) is 30.4 Å². The summed E-state index contributed by atoms with van der Waals surface area (Å²) in [6.45, 7) is 2.02. The standard InChI is InChI=1S/C12H15N/c1-2-3-4-5-6-8-12-9-7-10-13-11-12/h2-5,7,9-11H,6,8H2,1H3/b3-2+,5-4+. The van der Waals surface area contributed by atoms with Crippen LogP contribution in [-0.2, 0) is 6.42 Å². The summed E-state index contributed by atoms with van der Waals surface area (Å²) >= 11 is 0. The number of aromatic nitrogens is 1. The van der Waals surface area contributed by atoms with E-state index in [0.717, 1.165) is 12.8 Å². The van der Waals surface area contributed by atoms with Gasteiger partial charge < -0.3 is 0 Å². The molecule has 1 aromatic rings. The van der Waals surface area contributed by atoms with Gasteiger partial charge in [-0.2, -0.15) is 0 Å². The van der Waals surface area contributed by atoms with Gasteiger partial charge in [-0.3, -0.25) is 4.98 Å². The minimum atomic E-state index is 1.07. The van der Waals surface area contributed by atoms with Crippen molar-refractivity contribution in [2.24, 2.45) is 0 Å². The van der Waals surface area contributed by atoms with Crippen molar-refractivity contribution in [3.63, 3.8) is 0 Å². The molecule has 1 rings (SSSR count). The second-order valence-electron chi connectivity index (χ2n) is 2.85. The van der Waals surface area contributed by atoms with E-state index in [-0.39, 0.29) is 0 Å². The van der Waals surface area contributed by atoms with Gasteiger partial charge in [0, 0.05) is 12.4 Å². The quantitative estimate of drug-likeness (QED) is 0.637. The minimum Gasteiger partial charge on any atom is -0.264 e. The van der Waals surface area contributed by atoms with Crippen molar-refractivity contribution in [3.8, 4) is 0 Å². The molecule has 0 aliphatic heterocycles. The Morgan fingerprint density at radius 3 is 3.00 bits per heavy atom. The SMILES string of the molecule is C/C=C/C=C/CCc1cccnc1. The van der Waals surface area contributed by atoms with E-state index in [1.165, 1.54) is 5.56 Å². The zero-order valence-electron chi connectivity index (χ0n) is 7.98. The summed E-state index contributed by atoms with van der Waals surface area (Å²) in [5.41, 5.74) is 1.30. The van der Waals surface area contributed by atoms with Crippen molar-refractivity contribution in [1.29, 1.82) is 0 Å². The van der Waals surface area contributed by atoms with Crippen LogP contribution in [0.5, 0.6) is 0 Å². The first-order chi connectivity index (χ1) is 6.43. The molecule has 68 valence electrons. The van der Waals surface area contributed by atoms with Crippen molar-refractivity contribution < 1.29 is 0 Å². The topological polar surface area (TPSA) is 12.9 Å². The lowest BCUT2D eigenvalue weighted by atomic mass is 10.1. The number of rotatable bonds is 4. The second-order valence-corrected chi connectivity index (χ2v) is 2.85. The van der Waals surface area contributed by atoms with Crippen LogP contribution < -0.4 is 0 Å². The maximum absolute atomic E-state index is 4.06. The third-order valence-electron chi connectivity index (χ3n) is 1.76. The van der Waals surface area contributed by atoms with E-state index >= 15 is 0 Å². The van der Waals surface area contributed by atoms with Gasteiger partial charge in [0.2, 0.25) is 0 Å². The first-order valence-corrected chi connectivity index (χ1v) is 4.60. The lowest BCUT2D eigenvalue weighted by Gasteiger charge is -1.94. The van der Waals surface area contributed by atoms with Gasteiger partial charge in [-0.25, -0.2) is 0 Å². The molecule has 0 amide bonds. The maximum Gasteiger partial charge on any atom is 0.0299 e. The molecule has 0 atom stereocenters. The number of pyridine rings is 1. The fourth-order valence-corrected chi connectivity index (χ4v) is 1.08. The minimum absolute atomic E-state index is 1.07. The molecule has 0 N–H and O–H groups in total. The first kappa shape index (κ1) is 9.72. The fraction of sp³-hybridized carbons (Fsp3) is 0.250. The largest absolute Gasteiger partial charge is 0.264 e. The molecule has 13 heavy (non-hydrogen) atoms. The average molecular weight is 173 g/mol. The van der Waals surface area contributed by atoms with Gasteiger partial charge in [0.25, 0.3) is 0 Å². The molecule has 0 saturated carbocycles. The maximum atomic E-state index is 4.06. The normalized spacial score (nSPS) is 11.5. The lowest BCUT2D eigenvalue weighted by Crippen LogP contribution is -1.83. The van der Waals surface area contributed by atoms with Gasteiger partial charge in [-0.15, -0.1) is 0 Å². The Bertz CT molecular complexity index is 272. The van der Waals surface area contributed by atoms with Crippen LogP contribution in [0.4, 0.5) is 0 Å². The fourth-order valence-electron chi connectivity index (χ4n) is 1.08. The molecule has 0 aromatic carbocycles. The summed E-state index contributed by atoms with van der Waals surface area (Å²) in [7, 11) is 0. The predicted molar refractivity (Wildman–Crippen MR) is 56.5 cm³/mol. The highest BCUT2D eigenvalue weighted by Crippen LogP contribution is 2.00. The molecule has 0 aliphatic rings. The molecule has 0 bridgehead atoms. The van der Waals surface area contributed by atoms with Crippen LogP contribution in [0.3, 0.4) is 0 Å². The van der Waals surface area contributed by atoms with E-state index in [2.05, 4.69) is 23.2 Å². The van der Waals surface area contributed by atoms with Crippen molar-refractivity contribution >= 4 is 0 Å². The van der Waals surface area contributed by atoms with Crippen molar-refractivity contribution in [1.82, 2.24) is 4.98 Å². The van der Waals surface area contributed by atoms with E-state index in [9.17, 15) is 0 Å². The molecule has 0 saturated heterocycles. The van der Waals surface area contributed by atoms with Crippen LogP contribution in [0.1, 0.15) is 18.9 Å². The number of aryl methyl sites for hydroxylation is 1. The van der Waals surface area contributed by atoms with E-state index in [1.807, 2.05) is 31.3 Å². The van der Waals surface area contributed by atoms with Crippen LogP contribution in [0, 0.1) is 0 Å². The Labute approximate surface area is 79.8 Å². The molecule has 0 unspecified atom stereocenters. The monoisotopic (exact) mass is 173 g/mol. The summed E-state index contributed by atoms with van der Waals surface area (Å²) < 4.78 is 0. The molecule has 1 aromatic heterocycles. The van der Waals surface area contributed by atoms with Gasteiger partial charge in [0.1, 0.15) is 0 Å². The Hall–Kier alpha value is -1.37. The van der Waals surface area contributed by atoms with Crippen LogP contribution in [0.25, 0.3) is 0 Å². The van der Waals surface area contributed by atoms with Gasteiger partial charge in [0.05, 0.1) is 0 Å². The van der Waals surface area contributed by atoms with Gasteiger partial charge >= 0.3 is 0 Å². The van der Waals surface area contributed by atoms with E-state index in [4.69, 9.17) is 0 Å². The molecule has 0 fully saturated rings. The zero-order chi connectivity index (χ0) is 9.36. The molecule has 0 radical (unpaired) electrons. The predicted octanol–water partition coefficient (Wildman–Crippen LogP) is 3.15. The highest BCUT2D eigenvalue weighted by atomic mass is 14.6. The Morgan fingerprint density at radius 1 is 1.38 bits per heavy atom. The first-order valence-electron chi connectivity index (χ1n) is 4.60. The Balaban J connectivity index is 2.28. The van der Waals surface area contributed by atoms with Crippen LogP contribution >= 0.6 is 0 Å².